The van der Waals surface area contributed by atoms with Gasteiger partial charge in [-0.2, -0.15) is 0 Å². The normalized spacial score (nSPS) is 11.1. The minimum atomic E-state index is -0.474. The zero-order valence-corrected chi connectivity index (χ0v) is 17.0. The lowest BCUT2D eigenvalue weighted by atomic mass is 10.2. The largest absolute Gasteiger partial charge is 0.467 e. The van der Waals surface area contributed by atoms with E-state index in [1.54, 1.807) is 6.26 Å². The van der Waals surface area contributed by atoms with Gasteiger partial charge in [-0.3, -0.25) is 0 Å². The van der Waals surface area contributed by atoms with Gasteiger partial charge in [0.05, 0.1) is 12.8 Å². The first-order valence-electron chi connectivity index (χ1n) is 8.25. The third kappa shape index (κ3) is 8.13. The number of hydrogen-bond donors (Lipinski definition) is 2. The van der Waals surface area contributed by atoms with Gasteiger partial charge in [-0.05, 0) is 43.7 Å². The van der Waals surface area contributed by atoms with Gasteiger partial charge in [0.1, 0.15) is 24.0 Å². The molecule has 0 bridgehead atoms. The van der Waals surface area contributed by atoms with Crippen molar-refractivity contribution in [3.8, 4) is 0 Å². The second-order valence-corrected chi connectivity index (χ2v) is 5.34. The molecule has 0 saturated heterocycles. The van der Waals surface area contributed by atoms with Crippen molar-refractivity contribution in [3.63, 3.8) is 0 Å². The maximum atomic E-state index is 13.6. The van der Waals surface area contributed by atoms with Gasteiger partial charge in [-0.25, -0.2) is 13.8 Å². The number of furan rings is 1. The second kappa shape index (κ2) is 12.6. The Morgan fingerprint density at radius 1 is 1.23 bits per heavy atom. The van der Waals surface area contributed by atoms with Gasteiger partial charge >= 0.3 is 0 Å². The molecular weight excluding hydrogens is 455 g/mol. The Hall–Kier alpha value is -1.68. The first-order chi connectivity index (χ1) is 12.2. The van der Waals surface area contributed by atoms with E-state index in [2.05, 4.69) is 15.6 Å². The number of ether oxygens (including phenoxy) is 1. The Morgan fingerprint density at radius 2 is 2.08 bits per heavy atom. The molecule has 0 aliphatic heterocycles. The molecule has 1 heterocycles. The van der Waals surface area contributed by atoms with Gasteiger partial charge in [-0.1, -0.05) is 0 Å². The van der Waals surface area contributed by atoms with Crippen LogP contribution < -0.4 is 10.6 Å². The van der Waals surface area contributed by atoms with Crippen LogP contribution in [0.25, 0.3) is 0 Å². The number of rotatable bonds is 9. The predicted molar refractivity (Wildman–Crippen MR) is 108 cm³/mol. The molecule has 1 aromatic heterocycles. The molecule has 2 aromatic rings. The van der Waals surface area contributed by atoms with Crippen molar-refractivity contribution < 1.29 is 17.9 Å². The molecule has 2 N–H and O–H groups in total. The fourth-order valence-corrected chi connectivity index (χ4v) is 2.12. The highest BCUT2D eigenvalue weighted by Crippen LogP contribution is 2.10. The Kier molecular flexibility index (Phi) is 10.9. The second-order valence-electron chi connectivity index (χ2n) is 5.34. The van der Waals surface area contributed by atoms with Crippen LogP contribution in [0.15, 0.2) is 46.0 Å². The summed E-state index contributed by atoms with van der Waals surface area (Å²) in [6, 6.07) is 7.04. The molecule has 8 heteroatoms. The van der Waals surface area contributed by atoms with E-state index in [9.17, 15) is 8.78 Å². The summed E-state index contributed by atoms with van der Waals surface area (Å²) < 4.78 is 37.5. The molecule has 144 valence electrons. The smallest absolute Gasteiger partial charge is 0.191 e. The lowest BCUT2D eigenvalue weighted by Gasteiger charge is -2.11. The van der Waals surface area contributed by atoms with E-state index in [-0.39, 0.29) is 36.1 Å². The summed E-state index contributed by atoms with van der Waals surface area (Å²) in [4.78, 5) is 4.28. The summed E-state index contributed by atoms with van der Waals surface area (Å²) in [7, 11) is 0. The minimum Gasteiger partial charge on any atom is -0.467 e. The minimum absolute atomic E-state index is 0. The van der Waals surface area contributed by atoms with Gasteiger partial charge in [-0.15, -0.1) is 24.0 Å². The molecule has 0 unspecified atom stereocenters. The fourth-order valence-electron chi connectivity index (χ4n) is 2.12. The lowest BCUT2D eigenvalue weighted by molar-refractivity contribution is 0.105. The predicted octanol–water partition coefficient (Wildman–Crippen LogP) is 3.84. The van der Waals surface area contributed by atoms with Crippen LogP contribution in [0, 0.1) is 11.6 Å². The van der Waals surface area contributed by atoms with Gasteiger partial charge in [0.15, 0.2) is 5.96 Å². The van der Waals surface area contributed by atoms with Crippen molar-refractivity contribution in [1.29, 1.82) is 0 Å². The van der Waals surface area contributed by atoms with E-state index < -0.39 is 11.6 Å². The van der Waals surface area contributed by atoms with Crippen molar-refractivity contribution in [3.05, 3.63) is 59.6 Å². The summed E-state index contributed by atoms with van der Waals surface area (Å²) >= 11 is 0. The Balaban J connectivity index is 0.00000338. The average Bonchev–Trinajstić information content (AvgIpc) is 3.11. The van der Waals surface area contributed by atoms with Gasteiger partial charge < -0.3 is 19.8 Å². The van der Waals surface area contributed by atoms with E-state index >= 15 is 0 Å². The number of hydrogen-bond acceptors (Lipinski definition) is 3. The zero-order valence-electron chi connectivity index (χ0n) is 14.6. The maximum Gasteiger partial charge on any atom is 0.191 e. The monoisotopic (exact) mass is 479 g/mol. The fraction of sp³-hybridized carbons (Fsp3) is 0.389. The van der Waals surface area contributed by atoms with Crippen LogP contribution in [0.2, 0.25) is 0 Å². The number of halogens is 3. The highest BCUT2D eigenvalue weighted by Gasteiger charge is 2.04. The number of benzene rings is 1. The number of aliphatic imine (C=N–C) groups is 1. The quantitative estimate of drug-likeness (QED) is 0.249. The highest BCUT2D eigenvalue weighted by molar-refractivity contribution is 14.0. The average molecular weight is 479 g/mol. The molecule has 0 radical (unpaired) electrons. The van der Waals surface area contributed by atoms with Crippen molar-refractivity contribution >= 4 is 29.9 Å². The Bertz CT molecular complexity index is 666. The maximum absolute atomic E-state index is 13.6. The third-order valence-corrected chi connectivity index (χ3v) is 3.34. The molecule has 2 rings (SSSR count). The van der Waals surface area contributed by atoms with Gasteiger partial charge in [0.2, 0.25) is 0 Å². The van der Waals surface area contributed by atoms with Crippen LogP contribution >= 0.6 is 24.0 Å². The van der Waals surface area contributed by atoms with Crippen LogP contribution in [-0.4, -0.2) is 25.7 Å². The Labute approximate surface area is 169 Å². The van der Waals surface area contributed by atoms with E-state index in [4.69, 9.17) is 9.15 Å². The van der Waals surface area contributed by atoms with Gasteiger partial charge in [0.25, 0.3) is 0 Å². The highest BCUT2D eigenvalue weighted by atomic mass is 127. The molecule has 0 aliphatic rings. The number of nitrogens with zero attached hydrogens (tertiary/aromatic N) is 1. The summed E-state index contributed by atoms with van der Waals surface area (Å²) in [6.45, 7) is 4.34. The topological polar surface area (TPSA) is 58.8 Å². The van der Waals surface area contributed by atoms with Crippen LogP contribution in [0.4, 0.5) is 8.78 Å². The van der Waals surface area contributed by atoms with E-state index in [1.807, 2.05) is 19.1 Å². The summed E-state index contributed by atoms with van der Waals surface area (Å²) in [5.74, 6) is 0.405. The van der Waals surface area contributed by atoms with Crippen LogP contribution in [0.1, 0.15) is 24.7 Å². The van der Waals surface area contributed by atoms with Crippen LogP contribution in [-0.2, 0) is 17.9 Å². The van der Waals surface area contributed by atoms with Crippen molar-refractivity contribution in [2.24, 2.45) is 4.99 Å². The van der Waals surface area contributed by atoms with Crippen molar-refractivity contribution in [2.45, 2.75) is 26.5 Å². The lowest BCUT2D eigenvalue weighted by Crippen LogP contribution is -2.38. The Morgan fingerprint density at radius 3 is 2.81 bits per heavy atom. The molecule has 1 aromatic carbocycles. The summed E-state index contributed by atoms with van der Waals surface area (Å²) in [6.07, 6.45) is 2.39. The SMILES string of the molecule is CCNC(=NCc1cc(F)ccc1F)NCCCOCc1ccco1.I. The van der Waals surface area contributed by atoms with Gasteiger partial charge in [0, 0.05) is 25.3 Å². The molecule has 0 spiro atoms. The van der Waals surface area contributed by atoms with Crippen LogP contribution in [0.3, 0.4) is 0 Å². The zero-order chi connectivity index (χ0) is 17.9. The standard InChI is InChI=1S/C18H23F2N3O2.HI/c1-2-21-18(23-12-14-11-15(19)6-7-17(14)20)22-8-4-9-24-13-16-5-3-10-25-16;/h3,5-7,10-11H,2,4,8-9,12-13H2,1H3,(H2,21,22,23);1H. The van der Waals surface area contributed by atoms with E-state index in [1.165, 1.54) is 0 Å². The molecule has 0 saturated carbocycles. The van der Waals surface area contributed by atoms with Crippen LogP contribution in [0.5, 0.6) is 0 Å². The molecule has 0 fully saturated rings. The molecule has 0 atom stereocenters. The number of guanidine groups is 1. The summed E-state index contributed by atoms with van der Waals surface area (Å²) in [5, 5.41) is 6.21. The van der Waals surface area contributed by atoms with Crippen molar-refractivity contribution in [1.82, 2.24) is 10.6 Å². The van der Waals surface area contributed by atoms with Crippen molar-refractivity contribution in [2.75, 3.05) is 19.7 Å². The number of nitrogens with one attached hydrogen (secondary N) is 2. The third-order valence-electron chi connectivity index (χ3n) is 3.34. The van der Waals surface area contributed by atoms with E-state index in [0.717, 1.165) is 30.4 Å². The molecule has 5 nitrogen and oxygen atoms in total. The molecule has 0 amide bonds. The molecule has 0 aliphatic carbocycles. The molecular formula is C18H24F2IN3O2. The van der Waals surface area contributed by atoms with E-state index in [0.29, 0.717) is 32.3 Å². The molecule has 26 heavy (non-hydrogen) atoms. The first-order valence-corrected chi connectivity index (χ1v) is 8.25. The summed E-state index contributed by atoms with van der Waals surface area (Å²) in [5.41, 5.74) is 0.221. The first kappa shape index (κ1) is 22.4.